The highest BCUT2D eigenvalue weighted by Gasteiger charge is 2.31. The highest BCUT2D eigenvalue weighted by molar-refractivity contribution is 5.92. The van der Waals surface area contributed by atoms with Gasteiger partial charge in [-0.3, -0.25) is 4.99 Å². The summed E-state index contributed by atoms with van der Waals surface area (Å²) in [7, 11) is 3.37. The van der Waals surface area contributed by atoms with Crippen LogP contribution >= 0.6 is 0 Å². The number of methoxy groups -OCH3 is 2. The van der Waals surface area contributed by atoms with Gasteiger partial charge < -0.3 is 14.4 Å². The zero-order valence-corrected chi connectivity index (χ0v) is 17.7. The molecule has 1 heterocycles. The van der Waals surface area contributed by atoms with Gasteiger partial charge in [0.15, 0.2) is 0 Å². The number of aliphatic imine (C=N–C) groups is 1. The minimum absolute atomic E-state index is 0.0227. The average Bonchev–Trinajstić information content (AvgIpc) is 2.68. The molecular formula is C24H30N2O2. The number of hydrogen-bond acceptors (Lipinski definition) is 4. The van der Waals surface area contributed by atoms with Crippen molar-refractivity contribution in [2.24, 2.45) is 4.99 Å². The molecule has 0 aromatic heterocycles. The molecule has 28 heavy (non-hydrogen) atoms. The summed E-state index contributed by atoms with van der Waals surface area (Å²) in [4.78, 5) is 7.11. The van der Waals surface area contributed by atoms with Crippen LogP contribution in [0.25, 0.3) is 5.57 Å². The molecular weight excluding hydrogens is 348 g/mol. The van der Waals surface area contributed by atoms with Crippen LogP contribution in [0.15, 0.2) is 47.5 Å². The molecule has 0 N–H and O–H groups in total. The monoisotopic (exact) mass is 378 g/mol. The third-order valence-corrected chi connectivity index (χ3v) is 5.20. The Morgan fingerprint density at radius 1 is 1.07 bits per heavy atom. The van der Waals surface area contributed by atoms with Gasteiger partial charge >= 0.3 is 0 Å². The molecule has 0 fully saturated rings. The molecule has 0 atom stereocenters. The average molecular weight is 379 g/mol. The van der Waals surface area contributed by atoms with Gasteiger partial charge in [-0.1, -0.05) is 25.1 Å². The first-order valence-corrected chi connectivity index (χ1v) is 9.78. The van der Waals surface area contributed by atoms with E-state index in [1.165, 1.54) is 16.8 Å². The summed E-state index contributed by atoms with van der Waals surface area (Å²) >= 11 is 0. The minimum atomic E-state index is -0.0227. The van der Waals surface area contributed by atoms with Crippen LogP contribution in [0.1, 0.15) is 45.2 Å². The summed E-state index contributed by atoms with van der Waals surface area (Å²) < 4.78 is 11.1. The normalized spacial score (nSPS) is 15.4. The Kier molecular flexibility index (Phi) is 5.78. The van der Waals surface area contributed by atoms with E-state index in [-0.39, 0.29) is 5.54 Å². The number of nitrogens with zero attached hydrogens (tertiary/aromatic N) is 2. The first kappa shape index (κ1) is 20.0. The first-order valence-electron chi connectivity index (χ1n) is 9.78. The number of rotatable bonds is 6. The van der Waals surface area contributed by atoms with Crippen molar-refractivity contribution in [1.29, 1.82) is 0 Å². The number of allylic oxidation sites excluding steroid dienone is 1. The van der Waals surface area contributed by atoms with Crippen molar-refractivity contribution in [3.05, 3.63) is 53.6 Å². The summed E-state index contributed by atoms with van der Waals surface area (Å²) in [5.41, 5.74) is 5.46. The topological polar surface area (TPSA) is 34.1 Å². The summed E-state index contributed by atoms with van der Waals surface area (Å²) in [6, 6.07) is 12.1. The fourth-order valence-corrected chi connectivity index (χ4v) is 3.91. The Labute approximate surface area is 168 Å². The molecule has 0 aliphatic carbocycles. The molecule has 1 aliphatic heterocycles. The second-order valence-corrected chi connectivity index (χ2v) is 7.67. The third-order valence-electron chi connectivity index (χ3n) is 5.20. The predicted molar refractivity (Wildman–Crippen MR) is 119 cm³/mol. The number of para-hydroxylation sites is 2. The largest absolute Gasteiger partial charge is 0.496 e. The van der Waals surface area contributed by atoms with Gasteiger partial charge in [0.05, 0.1) is 19.8 Å². The number of hydrogen-bond donors (Lipinski definition) is 0. The lowest BCUT2D eigenvalue weighted by atomic mass is 9.87. The second-order valence-electron chi connectivity index (χ2n) is 7.67. The zero-order valence-electron chi connectivity index (χ0n) is 17.7. The fourth-order valence-electron chi connectivity index (χ4n) is 3.91. The van der Waals surface area contributed by atoms with Crippen molar-refractivity contribution in [2.75, 3.05) is 25.7 Å². The summed E-state index contributed by atoms with van der Waals surface area (Å²) in [5.74, 6) is 1.58. The van der Waals surface area contributed by atoms with Gasteiger partial charge in [-0.25, -0.2) is 0 Å². The van der Waals surface area contributed by atoms with E-state index in [2.05, 4.69) is 55.8 Å². The molecule has 148 valence electrons. The van der Waals surface area contributed by atoms with Crippen molar-refractivity contribution in [1.82, 2.24) is 0 Å². The van der Waals surface area contributed by atoms with Gasteiger partial charge in [0, 0.05) is 35.6 Å². The van der Waals surface area contributed by atoms with Gasteiger partial charge in [-0.05, 0) is 51.0 Å². The van der Waals surface area contributed by atoms with E-state index in [9.17, 15) is 0 Å². The summed E-state index contributed by atoms with van der Waals surface area (Å²) in [5, 5.41) is 0. The second kappa shape index (κ2) is 8.09. The molecule has 1 aliphatic rings. The molecule has 0 spiro atoms. The number of benzene rings is 2. The lowest BCUT2D eigenvalue weighted by Gasteiger charge is -2.43. The molecule has 3 rings (SSSR count). The van der Waals surface area contributed by atoms with E-state index >= 15 is 0 Å². The molecule has 4 nitrogen and oxygen atoms in total. The van der Waals surface area contributed by atoms with Crippen LogP contribution in [-0.4, -0.2) is 32.5 Å². The van der Waals surface area contributed by atoms with Gasteiger partial charge in [-0.2, -0.15) is 0 Å². The highest BCUT2D eigenvalue weighted by Crippen LogP contribution is 2.42. The van der Waals surface area contributed by atoms with Gasteiger partial charge in [-0.15, -0.1) is 0 Å². The van der Waals surface area contributed by atoms with Crippen molar-refractivity contribution >= 4 is 23.2 Å². The maximum atomic E-state index is 5.72. The van der Waals surface area contributed by atoms with E-state index in [0.29, 0.717) is 0 Å². The molecule has 0 radical (unpaired) electrons. The third kappa shape index (κ3) is 3.77. The van der Waals surface area contributed by atoms with Crippen LogP contribution in [-0.2, 0) is 0 Å². The van der Waals surface area contributed by atoms with Crippen LogP contribution in [0.5, 0.6) is 11.5 Å². The van der Waals surface area contributed by atoms with Crippen LogP contribution < -0.4 is 14.4 Å². The fraction of sp³-hybridized carbons (Fsp3) is 0.375. The van der Waals surface area contributed by atoms with Crippen molar-refractivity contribution < 1.29 is 9.47 Å². The van der Waals surface area contributed by atoms with Gasteiger partial charge in [0.2, 0.25) is 0 Å². The highest BCUT2D eigenvalue weighted by atomic mass is 16.5. The zero-order chi connectivity index (χ0) is 20.3. The van der Waals surface area contributed by atoms with Crippen molar-refractivity contribution in [3.8, 4) is 11.5 Å². The van der Waals surface area contributed by atoms with Gasteiger partial charge in [0.25, 0.3) is 0 Å². The molecule has 0 unspecified atom stereocenters. The van der Waals surface area contributed by atoms with Crippen molar-refractivity contribution in [2.45, 2.75) is 39.7 Å². The number of anilines is 1. The first-order chi connectivity index (χ1) is 13.4. The molecule has 2 aromatic rings. The number of ether oxygens (including phenoxy) is 2. The lowest BCUT2D eigenvalue weighted by molar-refractivity contribution is 0.413. The van der Waals surface area contributed by atoms with E-state index in [1.54, 1.807) is 14.2 Å². The van der Waals surface area contributed by atoms with Crippen LogP contribution in [0.3, 0.4) is 0 Å². The van der Waals surface area contributed by atoms with Crippen LogP contribution in [0, 0.1) is 0 Å². The van der Waals surface area contributed by atoms with Crippen LogP contribution in [0.2, 0.25) is 0 Å². The Bertz CT molecular complexity index is 913. The van der Waals surface area contributed by atoms with Crippen molar-refractivity contribution in [3.63, 3.8) is 0 Å². The maximum absolute atomic E-state index is 5.72. The molecule has 0 amide bonds. The molecule has 4 heteroatoms. The Hall–Kier alpha value is -2.75. The SMILES string of the molecule is CCCN1c2cc(OC)c(C=Nc3ccccc3OC)cc2C(C)=CC1(C)C. The standard InChI is InChI=1S/C24H30N2O2/c1-7-12-26-21-14-23(28-6)18(13-19(21)17(2)15-24(26,3)4)16-25-20-10-8-9-11-22(20)27-5/h8-11,13-16H,7,12H2,1-6H3. The molecule has 2 aromatic carbocycles. The summed E-state index contributed by atoms with van der Waals surface area (Å²) in [6.07, 6.45) is 5.29. The van der Waals surface area contributed by atoms with E-state index in [4.69, 9.17) is 9.47 Å². The van der Waals surface area contributed by atoms with E-state index < -0.39 is 0 Å². The van der Waals surface area contributed by atoms with E-state index in [0.717, 1.165) is 35.7 Å². The minimum Gasteiger partial charge on any atom is -0.496 e. The van der Waals surface area contributed by atoms with Crippen LogP contribution in [0.4, 0.5) is 11.4 Å². The Morgan fingerprint density at radius 3 is 2.46 bits per heavy atom. The Balaban J connectivity index is 2.08. The quantitative estimate of drug-likeness (QED) is 0.590. The lowest BCUT2D eigenvalue weighted by Crippen LogP contribution is -2.45. The molecule has 0 saturated carbocycles. The summed E-state index contributed by atoms with van der Waals surface area (Å²) in [6.45, 7) is 9.92. The molecule has 0 bridgehead atoms. The van der Waals surface area contributed by atoms with E-state index in [1.807, 2.05) is 30.5 Å². The Morgan fingerprint density at radius 2 is 1.79 bits per heavy atom. The number of fused-ring (bicyclic) bond motifs is 1. The van der Waals surface area contributed by atoms with Gasteiger partial charge in [0.1, 0.15) is 17.2 Å². The maximum Gasteiger partial charge on any atom is 0.144 e. The predicted octanol–water partition coefficient (Wildman–Crippen LogP) is 5.87. The smallest absolute Gasteiger partial charge is 0.144 e. The molecule has 0 saturated heterocycles.